The molecular weight excluding hydrogens is 368 g/mol. The Morgan fingerprint density at radius 1 is 1.14 bits per heavy atom. The van der Waals surface area contributed by atoms with Gasteiger partial charge in [0.25, 0.3) is 5.56 Å². The number of hydrogen-bond donors (Lipinski definition) is 0. The first kappa shape index (κ1) is 16.7. The van der Waals surface area contributed by atoms with Gasteiger partial charge in [-0.3, -0.25) is 9.36 Å². The SMILES string of the molecule is Cl.O=c1c2cc(Br)ccc2ncn1COCc1ccccc1. The van der Waals surface area contributed by atoms with Gasteiger partial charge < -0.3 is 4.74 Å². The molecule has 0 fully saturated rings. The lowest BCUT2D eigenvalue weighted by molar-refractivity contribution is 0.0614. The Labute approximate surface area is 142 Å². The van der Waals surface area contributed by atoms with Crippen LogP contribution in [0, 0.1) is 0 Å². The second-order valence-corrected chi connectivity index (χ2v) is 5.56. The van der Waals surface area contributed by atoms with Crippen molar-refractivity contribution < 1.29 is 4.74 Å². The fourth-order valence-electron chi connectivity index (χ4n) is 2.06. The van der Waals surface area contributed by atoms with E-state index >= 15 is 0 Å². The molecule has 3 aromatic rings. The van der Waals surface area contributed by atoms with Crippen LogP contribution in [0.25, 0.3) is 10.9 Å². The van der Waals surface area contributed by atoms with Crippen LogP contribution in [0.5, 0.6) is 0 Å². The van der Waals surface area contributed by atoms with Crippen molar-refractivity contribution in [3.05, 3.63) is 75.2 Å². The zero-order valence-electron chi connectivity index (χ0n) is 11.6. The van der Waals surface area contributed by atoms with E-state index in [1.165, 1.54) is 10.9 Å². The highest BCUT2D eigenvalue weighted by Gasteiger charge is 2.04. The summed E-state index contributed by atoms with van der Waals surface area (Å²) in [5, 5.41) is 0.579. The van der Waals surface area contributed by atoms with Gasteiger partial charge >= 0.3 is 0 Å². The van der Waals surface area contributed by atoms with Gasteiger partial charge in [-0.15, -0.1) is 12.4 Å². The average Bonchev–Trinajstić information content (AvgIpc) is 2.51. The smallest absolute Gasteiger partial charge is 0.263 e. The molecule has 1 heterocycles. The van der Waals surface area contributed by atoms with Crippen molar-refractivity contribution >= 4 is 39.2 Å². The Morgan fingerprint density at radius 2 is 1.91 bits per heavy atom. The van der Waals surface area contributed by atoms with Gasteiger partial charge in [0.05, 0.1) is 17.5 Å². The van der Waals surface area contributed by atoms with Gasteiger partial charge in [-0.1, -0.05) is 46.3 Å². The van der Waals surface area contributed by atoms with Crippen LogP contribution >= 0.6 is 28.3 Å². The topological polar surface area (TPSA) is 44.1 Å². The minimum absolute atomic E-state index is 0. The van der Waals surface area contributed by atoms with Gasteiger partial charge in [0.2, 0.25) is 0 Å². The molecule has 0 spiro atoms. The molecule has 114 valence electrons. The molecule has 4 nitrogen and oxygen atoms in total. The summed E-state index contributed by atoms with van der Waals surface area (Å²) in [5.41, 5.74) is 1.65. The molecule has 6 heteroatoms. The van der Waals surface area contributed by atoms with Crippen molar-refractivity contribution in [2.75, 3.05) is 0 Å². The van der Waals surface area contributed by atoms with Gasteiger partial charge in [0.15, 0.2) is 0 Å². The quantitative estimate of drug-likeness (QED) is 0.691. The van der Waals surface area contributed by atoms with Gasteiger partial charge in [-0.05, 0) is 23.8 Å². The third kappa shape index (κ3) is 3.74. The van der Waals surface area contributed by atoms with E-state index in [2.05, 4.69) is 20.9 Å². The van der Waals surface area contributed by atoms with E-state index in [1.54, 1.807) is 6.07 Å². The van der Waals surface area contributed by atoms with Crippen molar-refractivity contribution in [1.82, 2.24) is 9.55 Å². The van der Waals surface area contributed by atoms with Crippen LogP contribution in [0.2, 0.25) is 0 Å². The molecule has 0 saturated carbocycles. The number of rotatable bonds is 4. The van der Waals surface area contributed by atoms with E-state index in [4.69, 9.17) is 4.74 Å². The second kappa shape index (κ2) is 7.54. The molecule has 3 rings (SSSR count). The summed E-state index contributed by atoms with van der Waals surface area (Å²) in [6, 6.07) is 15.3. The molecule has 0 N–H and O–H groups in total. The van der Waals surface area contributed by atoms with Crippen molar-refractivity contribution in [3.63, 3.8) is 0 Å². The lowest BCUT2D eigenvalue weighted by Crippen LogP contribution is -2.21. The second-order valence-electron chi connectivity index (χ2n) is 4.64. The van der Waals surface area contributed by atoms with E-state index in [9.17, 15) is 4.79 Å². The van der Waals surface area contributed by atoms with Crippen molar-refractivity contribution in [1.29, 1.82) is 0 Å². The highest BCUT2D eigenvalue weighted by molar-refractivity contribution is 9.10. The van der Waals surface area contributed by atoms with Crippen LogP contribution in [-0.2, 0) is 18.1 Å². The molecule has 0 saturated heterocycles. The van der Waals surface area contributed by atoms with Gasteiger partial charge in [-0.2, -0.15) is 0 Å². The minimum Gasteiger partial charge on any atom is -0.356 e. The lowest BCUT2D eigenvalue weighted by atomic mass is 10.2. The standard InChI is InChI=1S/C16H13BrN2O2.ClH/c17-13-6-7-15-14(8-13)16(20)19(10-18-15)11-21-9-12-4-2-1-3-5-12;/h1-8,10H,9,11H2;1H. The third-order valence-electron chi connectivity index (χ3n) is 3.13. The summed E-state index contributed by atoms with van der Waals surface area (Å²) in [6.07, 6.45) is 1.52. The summed E-state index contributed by atoms with van der Waals surface area (Å²) in [6.45, 7) is 0.646. The van der Waals surface area contributed by atoms with Gasteiger partial charge in [0, 0.05) is 4.47 Å². The molecule has 0 unspecified atom stereocenters. The average molecular weight is 382 g/mol. The largest absolute Gasteiger partial charge is 0.356 e. The maximum absolute atomic E-state index is 12.3. The summed E-state index contributed by atoms with van der Waals surface area (Å²) >= 11 is 3.37. The molecule has 0 atom stereocenters. The fraction of sp³-hybridized carbons (Fsp3) is 0.125. The van der Waals surface area contributed by atoms with Crippen LogP contribution in [0.15, 0.2) is 64.1 Å². The molecule has 22 heavy (non-hydrogen) atoms. The van der Waals surface area contributed by atoms with Crippen LogP contribution < -0.4 is 5.56 Å². The Kier molecular flexibility index (Phi) is 5.71. The molecule has 0 aliphatic carbocycles. The number of ether oxygens (including phenoxy) is 1. The predicted octanol–water partition coefficient (Wildman–Crippen LogP) is 3.76. The first-order valence-electron chi connectivity index (χ1n) is 6.50. The van der Waals surface area contributed by atoms with E-state index < -0.39 is 0 Å². The fourth-order valence-corrected chi connectivity index (χ4v) is 2.42. The number of nitrogens with zero attached hydrogens (tertiary/aromatic N) is 2. The highest BCUT2D eigenvalue weighted by atomic mass is 79.9. The third-order valence-corrected chi connectivity index (χ3v) is 3.62. The number of hydrogen-bond acceptors (Lipinski definition) is 3. The molecule has 0 aliphatic rings. The zero-order valence-corrected chi connectivity index (χ0v) is 14.0. The Balaban J connectivity index is 0.00000176. The van der Waals surface area contributed by atoms with Crippen LogP contribution in [0.3, 0.4) is 0 Å². The van der Waals surface area contributed by atoms with Gasteiger partial charge in [-0.25, -0.2) is 4.98 Å². The molecule has 0 amide bonds. The number of halogens is 2. The maximum atomic E-state index is 12.3. The Morgan fingerprint density at radius 3 is 2.68 bits per heavy atom. The van der Waals surface area contributed by atoms with Crippen molar-refractivity contribution in [2.45, 2.75) is 13.3 Å². The number of fused-ring (bicyclic) bond motifs is 1. The van der Waals surface area contributed by atoms with Crippen LogP contribution in [-0.4, -0.2) is 9.55 Å². The molecule has 0 radical (unpaired) electrons. The van der Waals surface area contributed by atoms with Crippen molar-refractivity contribution in [3.8, 4) is 0 Å². The molecular formula is C16H14BrClN2O2. The lowest BCUT2D eigenvalue weighted by Gasteiger charge is -2.08. The van der Waals surface area contributed by atoms with E-state index in [1.807, 2.05) is 42.5 Å². The molecule has 1 aromatic heterocycles. The van der Waals surface area contributed by atoms with E-state index in [-0.39, 0.29) is 24.7 Å². The normalized spacial score (nSPS) is 10.4. The first-order chi connectivity index (χ1) is 10.2. The summed E-state index contributed by atoms with van der Waals surface area (Å²) in [4.78, 5) is 16.6. The Hall–Kier alpha value is -1.69. The predicted molar refractivity (Wildman–Crippen MR) is 92.2 cm³/mol. The zero-order chi connectivity index (χ0) is 14.7. The molecule has 2 aromatic carbocycles. The summed E-state index contributed by atoms with van der Waals surface area (Å²) in [5.74, 6) is 0. The van der Waals surface area contributed by atoms with Crippen molar-refractivity contribution in [2.24, 2.45) is 0 Å². The first-order valence-corrected chi connectivity index (χ1v) is 7.30. The Bertz CT molecular complexity index is 821. The van der Waals surface area contributed by atoms with Crippen LogP contribution in [0.4, 0.5) is 0 Å². The molecule has 0 bridgehead atoms. The van der Waals surface area contributed by atoms with E-state index in [0.717, 1.165) is 10.0 Å². The monoisotopic (exact) mass is 380 g/mol. The van der Waals surface area contributed by atoms with Crippen LogP contribution in [0.1, 0.15) is 5.56 Å². The van der Waals surface area contributed by atoms with E-state index in [0.29, 0.717) is 17.5 Å². The highest BCUT2D eigenvalue weighted by Crippen LogP contribution is 2.14. The summed E-state index contributed by atoms with van der Waals surface area (Å²) in [7, 11) is 0. The maximum Gasteiger partial charge on any atom is 0.263 e. The van der Waals surface area contributed by atoms with Gasteiger partial charge in [0.1, 0.15) is 13.1 Å². The number of benzene rings is 2. The summed E-state index contributed by atoms with van der Waals surface area (Å²) < 4.78 is 7.91. The number of aromatic nitrogens is 2. The molecule has 0 aliphatic heterocycles. The minimum atomic E-state index is -0.102.